The summed E-state index contributed by atoms with van der Waals surface area (Å²) in [6, 6.07) is 3.29. The quantitative estimate of drug-likeness (QED) is 0.579. The van der Waals surface area contributed by atoms with E-state index in [0.717, 1.165) is 0 Å². The number of nitrogens with zero attached hydrogens (tertiary/aromatic N) is 6. The van der Waals surface area contributed by atoms with Crippen molar-refractivity contribution >= 4 is 17.2 Å². The zero-order valence-electron chi connectivity index (χ0n) is 11.5. The van der Waals surface area contributed by atoms with Crippen molar-refractivity contribution in [3.8, 4) is 5.95 Å². The SMILES string of the molecule is Cc1ccnc(Nc2cnn(-c3ncccn3)c2)c1[N+](=O)[O-]. The third kappa shape index (κ3) is 2.59. The lowest BCUT2D eigenvalue weighted by Gasteiger charge is -2.05. The maximum absolute atomic E-state index is 11.1. The summed E-state index contributed by atoms with van der Waals surface area (Å²) in [7, 11) is 0. The fraction of sp³-hybridized carbons (Fsp3) is 0.0769. The van der Waals surface area contributed by atoms with Crippen LogP contribution in [0.4, 0.5) is 17.2 Å². The molecule has 9 nitrogen and oxygen atoms in total. The van der Waals surface area contributed by atoms with Crippen molar-refractivity contribution in [3.05, 3.63) is 58.8 Å². The zero-order valence-corrected chi connectivity index (χ0v) is 11.5. The van der Waals surface area contributed by atoms with E-state index < -0.39 is 4.92 Å². The van der Waals surface area contributed by atoms with Crippen molar-refractivity contribution in [1.29, 1.82) is 0 Å². The fourth-order valence-corrected chi connectivity index (χ4v) is 1.92. The van der Waals surface area contributed by atoms with Crippen LogP contribution in [0, 0.1) is 17.0 Å². The molecule has 0 unspecified atom stereocenters. The third-order valence-electron chi connectivity index (χ3n) is 2.91. The van der Waals surface area contributed by atoms with Crippen LogP contribution >= 0.6 is 0 Å². The number of nitrogens with one attached hydrogen (secondary N) is 1. The second-order valence-corrected chi connectivity index (χ2v) is 4.43. The minimum atomic E-state index is -0.463. The first-order valence-corrected chi connectivity index (χ1v) is 6.34. The maximum Gasteiger partial charge on any atom is 0.314 e. The molecule has 0 bridgehead atoms. The van der Waals surface area contributed by atoms with Crippen LogP contribution < -0.4 is 5.32 Å². The molecule has 1 N–H and O–H groups in total. The van der Waals surface area contributed by atoms with E-state index in [-0.39, 0.29) is 11.5 Å². The normalized spacial score (nSPS) is 10.4. The largest absolute Gasteiger partial charge is 0.332 e. The number of nitro groups is 1. The van der Waals surface area contributed by atoms with Gasteiger partial charge in [-0.15, -0.1) is 0 Å². The molecule has 0 aliphatic heterocycles. The van der Waals surface area contributed by atoms with Crippen molar-refractivity contribution in [2.75, 3.05) is 5.32 Å². The van der Waals surface area contributed by atoms with Gasteiger partial charge in [0.05, 0.1) is 23.0 Å². The number of hydrogen-bond donors (Lipinski definition) is 1. The molecule has 0 saturated carbocycles. The first-order valence-electron chi connectivity index (χ1n) is 6.34. The van der Waals surface area contributed by atoms with E-state index in [4.69, 9.17) is 0 Å². The number of aromatic nitrogens is 5. The standard InChI is InChI=1S/C13H11N7O2/c1-9-3-6-14-12(11(9)20(21)22)18-10-7-17-19(8-10)13-15-4-2-5-16-13/h2-8H,1H3,(H,14,18). The highest BCUT2D eigenvalue weighted by atomic mass is 16.6. The Labute approximate surface area is 124 Å². The average Bonchev–Trinajstić information content (AvgIpc) is 2.96. The Morgan fingerprint density at radius 2 is 2.00 bits per heavy atom. The summed E-state index contributed by atoms with van der Waals surface area (Å²) in [5, 5.41) is 18.1. The molecule has 3 rings (SSSR count). The van der Waals surface area contributed by atoms with Gasteiger partial charge in [-0.1, -0.05) is 0 Å². The maximum atomic E-state index is 11.1. The summed E-state index contributed by atoms with van der Waals surface area (Å²) < 4.78 is 1.46. The summed E-state index contributed by atoms with van der Waals surface area (Å²) in [6.07, 6.45) is 7.86. The first kappa shape index (κ1) is 13.6. The number of hydrogen-bond acceptors (Lipinski definition) is 7. The van der Waals surface area contributed by atoms with Crippen molar-refractivity contribution in [2.45, 2.75) is 6.92 Å². The van der Waals surface area contributed by atoms with Gasteiger partial charge in [-0.3, -0.25) is 10.1 Å². The van der Waals surface area contributed by atoms with Crippen LogP contribution in [0.5, 0.6) is 0 Å². The zero-order chi connectivity index (χ0) is 15.5. The highest BCUT2D eigenvalue weighted by Gasteiger charge is 2.19. The Morgan fingerprint density at radius 3 is 2.73 bits per heavy atom. The first-order chi connectivity index (χ1) is 10.6. The monoisotopic (exact) mass is 297 g/mol. The number of aryl methyl sites for hydroxylation is 1. The van der Waals surface area contributed by atoms with Gasteiger partial charge in [0.2, 0.25) is 11.8 Å². The predicted molar refractivity (Wildman–Crippen MR) is 78.1 cm³/mol. The van der Waals surface area contributed by atoms with Gasteiger partial charge in [-0.05, 0) is 19.1 Å². The molecule has 0 radical (unpaired) electrons. The van der Waals surface area contributed by atoms with Crippen LogP contribution in [0.15, 0.2) is 43.1 Å². The molecule has 0 aromatic carbocycles. The molecule has 0 saturated heterocycles. The summed E-state index contributed by atoms with van der Waals surface area (Å²) >= 11 is 0. The average molecular weight is 297 g/mol. The Balaban J connectivity index is 1.91. The van der Waals surface area contributed by atoms with Crippen molar-refractivity contribution in [3.63, 3.8) is 0 Å². The smallest absolute Gasteiger partial charge is 0.314 e. The molecule has 0 atom stereocenters. The van der Waals surface area contributed by atoms with E-state index in [1.165, 1.54) is 17.1 Å². The van der Waals surface area contributed by atoms with Crippen LogP contribution in [0.2, 0.25) is 0 Å². The minimum absolute atomic E-state index is 0.0637. The van der Waals surface area contributed by atoms with Gasteiger partial charge >= 0.3 is 5.69 Å². The molecular formula is C13H11N7O2. The van der Waals surface area contributed by atoms with Gasteiger partial charge in [0.15, 0.2) is 0 Å². The lowest BCUT2D eigenvalue weighted by Crippen LogP contribution is -2.01. The van der Waals surface area contributed by atoms with Gasteiger partial charge in [-0.2, -0.15) is 5.10 Å². The summed E-state index contributed by atoms with van der Waals surface area (Å²) in [5.74, 6) is 0.570. The van der Waals surface area contributed by atoms with Crippen LogP contribution in [0.3, 0.4) is 0 Å². The van der Waals surface area contributed by atoms with Gasteiger partial charge < -0.3 is 5.32 Å². The van der Waals surface area contributed by atoms with Crippen molar-refractivity contribution in [1.82, 2.24) is 24.7 Å². The molecule has 0 amide bonds. The van der Waals surface area contributed by atoms with E-state index >= 15 is 0 Å². The number of rotatable bonds is 4. The van der Waals surface area contributed by atoms with E-state index in [1.54, 1.807) is 37.6 Å². The molecule has 0 aliphatic carbocycles. The highest BCUT2D eigenvalue weighted by Crippen LogP contribution is 2.28. The Morgan fingerprint density at radius 1 is 1.23 bits per heavy atom. The van der Waals surface area contributed by atoms with E-state index in [9.17, 15) is 10.1 Å². The van der Waals surface area contributed by atoms with Crippen LogP contribution in [-0.4, -0.2) is 29.7 Å². The van der Waals surface area contributed by atoms with Gasteiger partial charge in [0.25, 0.3) is 0 Å². The lowest BCUT2D eigenvalue weighted by atomic mass is 10.2. The predicted octanol–water partition coefficient (Wildman–Crippen LogP) is 2.02. The third-order valence-corrected chi connectivity index (χ3v) is 2.91. The summed E-state index contributed by atoms with van der Waals surface area (Å²) in [6.45, 7) is 1.66. The van der Waals surface area contributed by atoms with Gasteiger partial charge in [0, 0.05) is 24.2 Å². The molecule has 0 spiro atoms. The van der Waals surface area contributed by atoms with E-state index in [1.807, 2.05) is 0 Å². The molecule has 110 valence electrons. The molecule has 3 aromatic rings. The summed E-state index contributed by atoms with van der Waals surface area (Å²) in [5.41, 5.74) is 1.01. The van der Waals surface area contributed by atoms with Crippen molar-refractivity contribution < 1.29 is 4.92 Å². The molecule has 3 aromatic heterocycles. The molecular weight excluding hydrogens is 286 g/mol. The topological polar surface area (TPSA) is 112 Å². The van der Waals surface area contributed by atoms with Crippen LogP contribution in [0.1, 0.15) is 5.56 Å². The second kappa shape index (κ2) is 5.56. The molecule has 0 fully saturated rings. The van der Waals surface area contributed by atoms with Crippen LogP contribution in [-0.2, 0) is 0 Å². The number of anilines is 2. The molecule has 0 aliphatic rings. The van der Waals surface area contributed by atoms with E-state index in [0.29, 0.717) is 17.2 Å². The van der Waals surface area contributed by atoms with Crippen molar-refractivity contribution in [2.24, 2.45) is 0 Å². The van der Waals surface area contributed by atoms with Gasteiger partial charge in [-0.25, -0.2) is 19.6 Å². The number of pyridine rings is 1. The molecule has 22 heavy (non-hydrogen) atoms. The lowest BCUT2D eigenvalue weighted by molar-refractivity contribution is -0.384. The van der Waals surface area contributed by atoms with Gasteiger partial charge in [0.1, 0.15) is 0 Å². The molecule has 9 heteroatoms. The summed E-state index contributed by atoms with van der Waals surface area (Å²) in [4.78, 5) is 22.8. The molecule has 3 heterocycles. The van der Waals surface area contributed by atoms with Crippen LogP contribution in [0.25, 0.3) is 5.95 Å². The Bertz CT molecular complexity index is 816. The second-order valence-electron chi connectivity index (χ2n) is 4.43. The fourth-order valence-electron chi connectivity index (χ4n) is 1.92. The highest BCUT2D eigenvalue weighted by molar-refractivity contribution is 5.66. The Hall–Kier alpha value is -3.36. The Kier molecular flexibility index (Phi) is 3.44. The minimum Gasteiger partial charge on any atom is -0.332 e. The van der Waals surface area contributed by atoms with E-state index in [2.05, 4.69) is 25.4 Å².